The van der Waals surface area contributed by atoms with Crippen LogP contribution in [0, 0.1) is 0 Å². The van der Waals surface area contributed by atoms with Crippen molar-refractivity contribution in [3.05, 3.63) is 0 Å². The highest BCUT2D eigenvalue weighted by molar-refractivity contribution is 4.95. The van der Waals surface area contributed by atoms with Crippen molar-refractivity contribution in [1.82, 2.24) is 9.80 Å². The van der Waals surface area contributed by atoms with Crippen molar-refractivity contribution < 1.29 is 4.74 Å². The molecule has 0 amide bonds. The molecule has 94 valence electrons. The fourth-order valence-corrected chi connectivity index (χ4v) is 1.42. The van der Waals surface area contributed by atoms with Gasteiger partial charge in [-0.1, -0.05) is 27.7 Å². The van der Waals surface area contributed by atoms with Gasteiger partial charge in [-0.15, -0.1) is 0 Å². The minimum Gasteiger partial charge on any atom is -0.377 e. The molecule has 0 N–H and O–H groups in total. The summed E-state index contributed by atoms with van der Waals surface area (Å²) in [6.07, 6.45) is 0. The Morgan fingerprint density at radius 3 is 1.40 bits per heavy atom. The highest BCUT2D eigenvalue weighted by Crippen LogP contribution is 2.22. The first kappa shape index (κ1) is 17.3. The second-order valence-electron chi connectivity index (χ2n) is 3.85. The minimum atomic E-state index is 0.281. The molecule has 0 saturated carbocycles. The molecule has 1 heterocycles. The standard InChI is InChI=1S/C8H18N2O.2C2H6/c1-9(2)5-8(10(3)4)6-11-7-8;2*1-2/h5-7H2,1-4H3;2*1-2H3. The van der Waals surface area contributed by atoms with Crippen LogP contribution in [0.25, 0.3) is 0 Å². The summed E-state index contributed by atoms with van der Waals surface area (Å²) in [5.74, 6) is 0. The van der Waals surface area contributed by atoms with Crippen LogP contribution in [-0.2, 0) is 4.74 Å². The summed E-state index contributed by atoms with van der Waals surface area (Å²) < 4.78 is 5.23. The summed E-state index contributed by atoms with van der Waals surface area (Å²) in [4.78, 5) is 4.47. The van der Waals surface area contributed by atoms with E-state index in [1.807, 2.05) is 27.7 Å². The summed E-state index contributed by atoms with van der Waals surface area (Å²) >= 11 is 0. The second-order valence-corrected chi connectivity index (χ2v) is 3.85. The van der Waals surface area contributed by atoms with Crippen molar-refractivity contribution in [3.8, 4) is 0 Å². The summed E-state index contributed by atoms with van der Waals surface area (Å²) in [5, 5.41) is 0. The molecular formula is C12H30N2O. The first-order valence-corrected chi connectivity index (χ1v) is 5.97. The van der Waals surface area contributed by atoms with E-state index in [9.17, 15) is 0 Å². The fraction of sp³-hybridized carbons (Fsp3) is 1.00. The zero-order chi connectivity index (χ0) is 12.5. The lowest BCUT2D eigenvalue weighted by Crippen LogP contribution is -2.64. The Morgan fingerprint density at radius 2 is 1.33 bits per heavy atom. The average molecular weight is 218 g/mol. The van der Waals surface area contributed by atoms with Gasteiger partial charge in [0.15, 0.2) is 0 Å². The van der Waals surface area contributed by atoms with E-state index in [2.05, 4.69) is 38.0 Å². The maximum Gasteiger partial charge on any atom is 0.0801 e. The quantitative estimate of drug-likeness (QED) is 0.720. The molecule has 3 nitrogen and oxygen atoms in total. The van der Waals surface area contributed by atoms with Gasteiger partial charge < -0.3 is 9.64 Å². The Labute approximate surface area is 96.4 Å². The van der Waals surface area contributed by atoms with Gasteiger partial charge in [0.1, 0.15) is 0 Å². The summed E-state index contributed by atoms with van der Waals surface area (Å²) in [6.45, 7) is 10.8. The minimum absolute atomic E-state index is 0.281. The van der Waals surface area contributed by atoms with Crippen molar-refractivity contribution in [2.24, 2.45) is 0 Å². The number of likely N-dealkylation sites (N-methyl/N-ethyl adjacent to an activating group) is 2. The molecule has 0 atom stereocenters. The maximum atomic E-state index is 5.23. The van der Waals surface area contributed by atoms with E-state index in [1.165, 1.54) is 0 Å². The fourth-order valence-electron chi connectivity index (χ4n) is 1.42. The monoisotopic (exact) mass is 218 g/mol. The van der Waals surface area contributed by atoms with Crippen molar-refractivity contribution in [2.75, 3.05) is 47.9 Å². The van der Waals surface area contributed by atoms with Crippen LogP contribution in [0.3, 0.4) is 0 Å². The van der Waals surface area contributed by atoms with Crippen LogP contribution in [0.4, 0.5) is 0 Å². The highest BCUT2D eigenvalue weighted by Gasteiger charge is 2.40. The van der Waals surface area contributed by atoms with Crippen LogP contribution in [-0.4, -0.2) is 63.3 Å². The molecule has 0 spiro atoms. The molecule has 0 radical (unpaired) electrons. The van der Waals surface area contributed by atoms with Crippen LogP contribution in [0.15, 0.2) is 0 Å². The maximum absolute atomic E-state index is 5.23. The third kappa shape index (κ3) is 5.50. The van der Waals surface area contributed by atoms with E-state index < -0.39 is 0 Å². The zero-order valence-corrected chi connectivity index (χ0v) is 11.9. The highest BCUT2D eigenvalue weighted by atomic mass is 16.5. The Balaban J connectivity index is 0. The number of ether oxygens (including phenoxy) is 1. The van der Waals surface area contributed by atoms with Crippen LogP contribution in [0.1, 0.15) is 27.7 Å². The molecule has 0 aromatic carbocycles. The third-order valence-electron chi connectivity index (χ3n) is 2.30. The Kier molecular flexibility index (Phi) is 10.5. The average Bonchev–Trinajstić information content (AvgIpc) is 2.17. The molecule has 1 rings (SSSR count). The molecule has 1 aliphatic heterocycles. The zero-order valence-electron chi connectivity index (χ0n) is 11.9. The molecule has 0 unspecified atom stereocenters. The van der Waals surface area contributed by atoms with Crippen molar-refractivity contribution in [2.45, 2.75) is 33.2 Å². The molecule has 3 heteroatoms. The topological polar surface area (TPSA) is 15.7 Å². The van der Waals surface area contributed by atoms with E-state index in [-0.39, 0.29) is 5.54 Å². The third-order valence-corrected chi connectivity index (χ3v) is 2.30. The Hall–Kier alpha value is -0.120. The smallest absolute Gasteiger partial charge is 0.0801 e. The van der Waals surface area contributed by atoms with Gasteiger partial charge in [-0.25, -0.2) is 0 Å². The molecule has 0 aliphatic carbocycles. The summed E-state index contributed by atoms with van der Waals surface area (Å²) in [5.41, 5.74) is 0.281. The SMILES string of the molecule is CC.CC.CN(C)CC1(N(C)C)COC1. The van der Waals surface area contributed by atoms with Gasteiger partial charge in [0.05, 0.1) is 18.8 Å². The lowest BCUT2D eigenvalue weighted by molar-refractivity contribution is -0.132. The van der Waals surface area contributed by atoms with Crippen LogP contribution in [0.2, 0.25) is 0 Å². The Morgan fingerprint density at radius 1 is 0.933 bits per heavy atom. The van der Waals surface area contributed by atoms with E-state index in [0.717, 1.165) is 19.8 Å². The van der Waals surface area contributed by atoms with E-state index in [0.29, 0.717) is 0 Å². The molecule has 1 fully saturated rings. The molecule has 0 bridgehead atoms. The molecule has 1 aliphatic rings. The first-order chi connectivity index (χ1) is 7.07. The molecular weight excluding hydrogens is 188 g/mol. The second kappa shape index (κ2) is 9.13. The largest absolute Gasteiger partial charge is 0.377 e. The lowest BCUT2D eigenvalue weighted by atomic mass is 9.95. The van der Waals surface area contributed by atoms with Gasteiger partial charge >= 0.3 is 0 Å². The number of rotatable bonds is 3. The van der Waals surface area contributed by atoms with Gasteiger partial charge in [0.25, 0.3) is 0 Å². The Bertz CT molecular complexity index is 132. The predicted octanol–water partition coefficient (Wildman–Crippen LogP) is 1.93. The molecule has 15 heavy (non-hydrogen) atoms. The summed E-state index contributed by atoms with van der Waals surface area (Å²) in [6, 6.07) is 0. The first-order valence-electron chi connectivity index (χ1n) is 5.97. The summed E-state index contributed by atoms with van der Waals surface area (Å²) in [7, 11) is 8.44. The predicted molar refractivity (Wildman–Crippen MR) is 68.5 cm³/mol. The van der Waals surface area contributed by atoms with Crippen molar-refractivity contribution in [1.29, 1.82) is 0 Å². The van der Waals surface area contributed by atoms with E-state index >= 15 is 0 Å². The van der Waals surface area contributed by atoms with E-state index in [1.54, 1.807) is 0 Å². The number of nitrogens with zero attached hydrogens (tertiary/aromatic N) is 2. The van der Waals surface area contributed by atoms with Crippen molar-refractivity contribution >= 4 is 0 Å². The van der Waals surface area contributed by atoms with Crippen LogP contribution in [0.5, 0.6) is 0 Å². The van der Waals surface area contributed by atoms with Gasteiger partial charge in [-0.2, -0.15) is 0 Å². The van der Waals surface area contributed by atoms with Crippen LogP contribution < -0.4 is 0 Å². The van der Waals surface area contributed by atoms with Crippen molar-refractivity contribution in [3.63, 3.8) is 0 Å². The van der Waals surface area contributed by atoms with Gasteiger partial charge in [0, 0.05) is 6.54 Å². The normalized spacial score (nSPS) is 17.2. The number of hydrogen-bond acceptors (Lipinski definition) is 3. The molecule has 0 aromatic heterocycles. The molecule has 0 aromatic rings. The van der Waals surface area contributed by atoms with Gasteiger partial charge in [0.2, 0.25) is 0 Å². The van der Waals surface area contributed by atoms with Gasteiger partial charge in [-0.05, 0) is 28.2 Å². The van der Waals surface area contributed by atoms with Gasteiger partial charge in [-0.3, -0.25) is 4.90 Å². The lowest BCUT2D eigenvalue weighted by Gasteiger charge is -2.47. The molecule has 1 saturated heterocycles. The van der Waals surface area contributed by atoms with E-state index in [4.69, 9.17) is 4.74 Å². The van der Waals surface area contributed by atoms with Crippen LogP contribution >= 0.6 is 0 Å². The number of hydrogen-bond donors (Lipinski definition) is 0.